The first kappa shape index (κ1) is 15.7. The quantitative estimate of drug-likeness (QED) is 0.552. The lowest BCUT2D eigenvalue weighted by atomic mass is 10.1. The smallest absolute Gasteiger partial charge is 0.237 e. The molecule has 0 amide bonds. The number of hydrogen-bond donors (Lipinski definition) is 0. The van der Waals surface area contributed by atoms with Crippen LogP contribution in [0.3, 0.4) is 0 Å². The van der Waals surface area contributed by atoms with E-state index in [1.54, 1.807) is 17.4 Å². The first-order valence-corrected chi connectivity index (χ1v) is 7.88. The van der Waals surface area contributed by atoms with Gasteiger partial charge >= 0.3 is 6.18 Å². The largest absolute Gasteiger partial charge is 0.416 e. The standard InChI is InChI=1S/C18H14F3NS/c1-11-9-15-16(10-12(11)2)23-17(22-15)8-5-13-3-6-14(7-4-13)18(19,20)21/h3-10H,1-2H3. The predicted octanol–water partition coefficient (Wildman–Crippen LogP) is 6.10. The number of hydrogen-bond acceptors (Lipinski definition) is 2. The Labute approximate surface area is 136 Å². The highest BCUT2D eigenvalue weighted by Gasteiger charge is 2.29. The van der Waals surface area contributed by atoms with Gasteiger partial charge in [0.2, 0.25) is 0 Å². The highest BCUT2D eigenvalue weighted by Crippen LogP contribution is 2.30. The molecular weight excluding hydrogens is 319 g/mol. The molecule has 0 aliphatic rings. The summed E-state index contributed by atoms with van der Waals surface area (Å²) in [5, 5.41) is 0.838. The summed E-state index contributed by atoms with van der Waals surface area (Å²) in [6.07, 6.45) is -0.694. The molecule has 0 aliphatic heterocycles. The van der Waals surface area contributed by atoms with Gasteiger partial charge in [-0.25, -0.2) is 4.98 Å². The lowest BCUT2D eigenvalue weighted by Gasteiger charge is -2.05. The molecule has 0 N–H and O–H groups in total. The van der Waals surface area contributed by atoms with Crippen molar-refractivity contribution in [2.45, 2.75) is 20.0 Å². The van der Waals surface area contributed by atoms with E-state index in [4.69, 9.17) is 0 Å². The molecule has 1 aromatic heterocycles. The third-order valence-electron chi connectivity index (χ3n) is 3.68. The van der Waals surface area contributed by atoms with E-state index < -0.39 is 11.7 Å². The van der Waals surface area contributed by atoms with Crippen molar-refractivity contribution in [1.82, 2.24) is 4.98 Å². The fourth-order valence-corrected chi connectivity index (χ4v) is 3.17. The van der Waals surface area contributed by atoms with Gasteiger partial charge in [-0.15, -0.1) is 11.3 Å². The molecule has 0 saturated carbocycles. The topological polar surface area (TPSA) is 12.9 Å². The van der Waals surface area contributed by atoms with E-state index in [0.717, 1.165) is 27.4 Å². The van der Waals surface area contributed by atoms with Gasteiger partial charge in [-0.2, -0.15) is 13.2 Å². The molecule has 0 fully saturated rings. The fourth-order valence-electron chi connectivity index (χ4n) is 2.22. The van der Waals surface area contributed by atoms with E-state index in [1.807, 2.05) is 13.0 Å². The number of halogens is 3. The highest BCUT2D eigenvalue weighted by atomic mass is 32.1. The van der Waals surface area contributed by atoms with Crippen LogP contribution in [0.4, 0.5) is 13.2 Å². The van der Waals surface area contributed by atoms with E-state index in [-0.39, 0.29) is 0 Å². The van der Waals surface area contributed by atoms with Crippen LogP contribution in [0, 0.1) is 13.8 Å². The maximum absolute atomic E-state index is 12.5. The first-order chi connectivity index (χ1) is 10.8. The molecule has 1 nitrogen and oxygen atoms in total. The first-order valence-electron chi connectivity index (χ1n) is 7.06. The summed E-state index contributed by atoms with van der Waals surface area (Å²) in [5.41, 5.74) is 3.44. The van der Waals surface area contributed by atoms with Gasteiger partial charge in [-0.05, 0) is 60.9 Å². The molecule has 0 bridgehead atoms. The van der Waals surface area contributed by atoms with Gasteiger partial charge in [0.15, 0.2) is 0 Å². The summed E-state index contributed by atoms with van der Waals surface area (Å²) in [6, 6.07) is 9.26. The zero-order valence-electron chi connectivity index (χ0n) is 12.6. The Morgan fingerprint density at radius 1 is 0.957 bits per heavy atom. The third-order valence-corrected chi connectivity index (χ3v) is 4.66. The van der Waals surface area contributed by atoms with E-state index in [0.29, 0.717) is 5.56 Å². The molecule has 2 aromatic carbocycles. The van der Waals surface area contributed by atoms with Crippen LogP contribution in [-0.4, -0.2) is 4.98 Å². The Morgan fingerprint density at radius 3 is 2.26 bits per heavy atom. The van der Waals surface area contributed by atoms with Crippen LogP contribution in [0.2, 0.25) is 0 Å². The summed E-state index contributed by atoms with van der Waals surface area (Å²) in [5.74, 6) is 0. The van der Waals surface area contributed by atoms with Crippen molar-refractivity contribution in [3.05, 3.63) is 63.7 Å². The summed E-state index contributed by atoms with van der Waals surface area (Å²) < 4.78 is 38.7. The maximum Gasteiger partial charge on any atom is 0.416 e. The van der Waals surface area contributed by atoms with E-state index in [9.17, 15) is 13.2 Å². The minimum atomic E-state index is -4.30. The second-order valence-corrected chi connectivity index (χ2v) is 6.47. The molecule has 0 atom stereocenters. The summed E-state index contributed by atoms with van der Waals surface area (Å²) in [4.78, 5) is 4.54. The number of rotatable bonds is 2. The van der Waals surface area contributed by atoms with Crippen LogP contribution in [0.5, 0.6) is 0 Å². The van der Waals surface area contributed by atoms with Crippen molar-refractivity contribution in [1.29, 1.82) is 0 Å². The molecule has 5 heteroatoms. The molecule has 0 aliphatic carbocycles. The second-order valence-electron chi connectivity index (χ2n) is 5.41. The number of aryl methyl sites for hydroxylation is 2. The van der Waals surface area contributed by atoms with Crippen molar-refractivity contribution >= 4 is 33.7 Å². The molecule has 0 spiro atoms. The van der Waals surface area contributed by atoms with Crippen LogP contribution in [-0.2, 0) is 6.18 Å². The Hall–Kier alpha value is -2.14. The van der Waals surface area contributed by atoms with Crippen LogP contribution < -0.4 is 0 Å². The van der Waals surface area contributed by atoms with Crippen molar-refractivity contribution < 1.29 is 13.2 Å². The molecule has 23 heavy (non-hydrogen) atoms. The Balaban J connectivity index is 1.85. The van der Waals surface area contributed by atoms with Gasteiger partial charge in [0.25, 0.3) is 0 Å². The predicted molar refractivity (Wildman–Crippen MR) is 89.5 cm³/mol. The highest BCUT2D eigenvalue weighted by molar-refractivity contribution is 7.19. The molecule has 3 aromatic rings. The molecule has 0 unspecified atom stereocenters. The summed E-state index contributed by atoms with van der Waals surface area (Å²) in [7, 11) is 0. The van der Waals surface area contributed by atoms with Crippen molar-refractivity contribution in [3.8, 4) is 0 Å². The Morgan fingerprint density at radius 2 is 1.61 bits per heavy atom. The SMILES string of the molecule is Cc1cc2nc(C=Cc3ccc(C(F)(F)F)cc3)sc2cc1C. The zero-order valence-corrected chi connectivity index (χ0v) is 13.4. The summed E-state index contributed by atoms with van der Waals surface area (Å²) >= 11 is 1.57. The molecule has 0 radical (unpaired) electrons. The maximum atomic E-state index is 12.5. The number of nitrogens with zero attached hydrogens (tertiary/aromatic N) is 1. The van der Waals surface area contributed by atoms with Crippen molar-refractivity contribution in [3.63, 3.8) is 0 Å². The van der Waals surface area contributed by atoms with Gasteiger partial charge in [0.05, 0.1) is 15.8 Å². The Kier molecular flexibility index (Phi) is 3.98. The van der Waals surface area contributed by atoms with E-state index in [1.165, 1.54) is 23.3 Å². The van der Waals surface area contributed by atoms with Crippen LogP contribution in [0.25, 0.3) is 22.4 Å². The van der Waals surface area contributed by atoms with Crippen LogP contribution in [0.1, 0.15) is 27.3 Å². The monoisotopic (exact) mass is 333 g/mol. The second kappa shape index (κ2) is 5.81. The molecule has 1 heterocycles. The lowest BCUT2D eigenvalue weighted by molar-refractivity contribution is -0.137. The normalized spacial score (nSPS) is 12.4. The van der Waals surface area contributed by atoms with Gasteiger partial charge in [0.1, 0.15) is 5.01 Å². The Bertz CT molecular complexity index is 835. The van der Waals surface area contributed by atoms with E-state index >= 15 is 0 Å². The zero-order chi connectivity index (χ0) is 16.6. The number of thiazole rings is 1. The number of benzene rings is 2. The average Bonchev–Trinajstić information content (AvgIpc) is 2.87. The minimum absolute atomic E-state index is 0.638. The molecule has 0 saturated heterocycles. The molecular formula is C18H14F3NS. The van der Waals surface area contributed by atoms with Crippen LogP contribution in [0.15, 0.2) is 36.4 Å². The third kappa shape index (κ3) is 3.45. The lowest BCUT2D eigenvalue weighted by Crippen LogP contribution is -2.03. The van der Waals surface area contributed by atoms with Gasteiger partial charge in [0, 0.05) is 0 Å². The van der Waals surface area contributed by atoms with Gasteiger partial charge in [-0.3, -0.25) is 0 Å². The molecule has 3 rings (SSSR count). The minimum Gasteiger partial charge on any atom is -0.237 e. The number of alkyl halides is 3. The van der Waals surface area contributed by atoms with Gasteiger partial charge in [-0.1, -0.05) is 18.2 Å². The molecule has 118 valence electrons. The fraction of sp³-hybridized carbons (Fsp3) is 0.167. The van der Waals surface area contributed by atoms with Crippen molar-refractivity contribution in [2.75, 3.05) is 0 Å². The van der Waals surface area contributed by atoms with Crippen molar-refractivity contribution in [2.24, 2.45) is 0 Å². The number of fused-ring (bicyclic) bond motifs is 1. The van der Waals surface area contributed by atoms with E-state index in [2.05, 4.69) is 24.0 Å². The average molecular weight is 333 g/mol. The number of aromatic nitrogens is 1. The van der Waals surface area contributed by atoms with Crippen LogP contribution >= 0.6 is 11.3 Å². The summed E-state index contributed by atoms with van der Waals surface area (Å²) in [6.45, 7) is 4.11. The van der Waals surface area contributed by atoms with Gasteiger partial charge < -0.3 is 0 Å².